The molecule has 0 saturated carbocycles. The summed E-state index contributed by atoms with van der Waals surface area (Å²) in [5, 5.41) is 13.6. The molecule has 1 aliphatic heterocycles. The number of hydrogen-bond donors (Lipinski definition) is 1. The molecule has 1 saturated heterocycles. The lowest BCUT2D eigenvalue weighted by Gasteiger charge is -2.33. The molecular weight excluding hydrogens is 258 g/mol. The van der Waals surface area contributed by atoms with Gasteiger partial charge in [-0.2, -0.15) is 0 Å². The molecule has 0 bridgehead atoms. The van der Waals surface area contributed by atoms with Crippen molar-refractivity contribution in [1.82, 2.24) is 5.32 Å². The topological polar surface area (TPSA) is 75.5 Å². The van der Waals surface area contributed by atoms with Gasteiger partial charge in [0.25, 0.3) is 5.69 Å². The van der Waals surface area contributed by atoms with E-state index in [1.807, 2.05) is 6.92 Å². The number of piperidine rings is 1. The summed E-state index contributed by atoms with van der Waals surface area (Å²) in [6.07, 6.45) is 2.33. The molecule has 108 valence electrons. The van der Waals surface area contributed by atoms with Crippen LogP contribution >= 0.6 is 0 Å². The third-order valence-corrected chi connectivity index (χ3v) is 3.61. The molecule has 0 radical (unpaired) electrons. The van der Waals surface area contributed by atoms with Crippen LogP contribution in [0.3, 0.4) is 0 Å². The molecule has 6 nitrogen and oxygen atoms in total. The van der Waals surface area contributed by atoms with E-state index in [-0.39, 0.29) is 17.6 Å². The fourth-order valence-electron chi connectivity index (χ4n) is 2.40. The first kappa shape index (κ1) is 14.3. The van der Waals surface area contributed by atoms with Gasteiger partial charge in [-0.15, -0.1) is 0 Å². The van der Waals surface area contributed by atoms with Crippen LogP contribution in [0.2, 0.25) is 0 Å². The Morgan fingerprint density at radius 2 is 1.95 bits per heavy atom. The first-order chi connectivity index (χ1) is 9.60. The largest absolute Gasteiger partial charge is 0.371 e. The molecule has 0 atom stereocenters. The number of hydrogen-bond acceptors (Lipinski definition) is 4. The highest BCUT2D eigenvalue weighted by Gasteiger charge is 2.20. The second-order valence-corrected chi connectivity index (χ2v) is 4.96. The minimum Gasteiger partial charge on any atom is -0.371 e. The Kier molecular flexibility index (Phi) is 4.55. The number of carbonyl (C=O) groups is 1. The van der Waals surface area contributed by atoms with E-state index in [0.717, 1.165) is 31.6 Å². The highest BCUT2D eigenvalue weighted by atomic mass is 16.6. The highest BCUT2D eigenvalue weighted by Crippen LogP contribution is 2.22. The van der Waals surface area contributed by atoms with Gasteiger partial charge < -0.3 is 10.2 Å². The predicted molar refractivity (Wildman–Crippen MR) is 76.8 cm³/mol. The van der Waals surface area contributed by atoms with Crippen LogP contribution in [-0.2, 0) is 4.79 Å². The molecule has 20 heavy (non-hydrogen) atoms. The first-order valence-electron chi connectivity index (χ1n) is 6.89. The lowest BCUT2D eigenvalue weighted by atomic mass is 10.0. The van der Waals surface area contributed by atoms with E-state index >= 15 is 0 Å². The molecule has 1 aromatic rings. The molecule has 2 rings (SSSR count). The van der Waals surface area contributed by atoms with Gasteiger partial charge in [0.1, 0.15) is 0 Å². The third-order valence-electron chi connectivity index (χ3n) is 3.61. The molecule has 1 aromatic carbocycles. The fourth-order valence-corrected chi connectivity index (χ4v) is 2.40. The summed E-state index contributed by atoms with van der Waals surface area (Å²) >= 11 is 0. The number of non-ortho nitro benzene ring substituents is 1. The SMILES string of the molecule is CCC(=O)NC1CCN(c2ccc([N+](=O)[O-])cc2)CC1. The number of nitro groups is 1. The summed E-state index contributed by atoms with van der Waals surface area (Å²) in [5.74, 6) is 0.0961. The van der Waals surface area contributed by atoms with E-state index in [0.29, 0.717) is 6.42 Å². The van der Waals surface area contributed by atoms with Gasteiger partial charge in [-0.1, -0.05) is 6.92 Å². The molecule has 1 amide bonds. The highest BCUT2D eigenvalue weighted by molar-refractivity contribution is 5.75. The van der Waals surface area contributed by atoms with Gasteiger partial charge in [-0.05, 0) is 25.0 Å². The zero-order valence-electron chi connectivity index (χ0n) is 11.5. The van der Waals surface area contributed by atoms with Crippen LogP contribution in [0.5, 0.6) is 0 Å². The Bertz CT molecular complexity index is 479. The average Bonchev–Trinajstić information content (AvgIpc) is 2.48. The summed E-state index contributed by atoms with van der Waals surface area (Å²) in [6.45, 7) is 3.56. The second kappa shape index (κ2) is 6.36. The Morgan fingerprint density at radius 3 is 2.45 bits per heavy atom. The molecule has 0 spiro atoms. The van der Waals surface area contributed by atoms with Gasteiger partial charge in [0.2, 0.25) is 5.91 Å². The van der Waals surface area contributed by atoms with Crippen molar-refractivity contribution in [2.75, 3.05) is 18.0 Å². The number of nitrogens with zero attached hydrogens (tertiary/aromatic N) is 2. The van der Waals surface area contributed by atoms with Crippen molar-refractivity contribution in [1.29, 1.82) is 0 Å². The molecule has 1 fully saturated rings. The van der Waals surface area contributed by atoms with Crippen LogP contribution in [0.1, 0.15) is 26.2 Å². The summed E-state index contributed by atoms with van der Waals surface area (Å²) in [7, 11) is 0. The van der Waals surface area contributed by atoms with E-state index in [1.165, 1.54) is 12.1 Å². The Hall–Kier alpha value is -2.11. The number of benzene rings is 1. The summed E-state index contributed by atoms with van der Waals surface area (Å²) in [4.78, 5) is 23.8. The van der Waals surface area contributed by atoms with E-state index < -0.39 is 4.92 Å². The Balaban J connectivity index is 1.90. The van der Waals surface area contributed by atoms with Crippen LogP contribution < -0.4 is 10.2 Å². The van der Waals surface area contributed by atoms with E-state index in [2.05, 4.69) is 10.2 Å². The molecule has 0 aromatic heterocycles. The van der Waals surface area contributed by atoms with Gasteiger partial charge in [-0.25, -0.2) is 0 Å². The van der Waals surface area contributed by atoms with E-state index in [4.69, 9.17) is 0 Å². The minimum atomic E-state index is -0.393. The van der Waals surface area contributed by atoms with Gasteiger partial charge in [0.05, 0.1) is 4.92 Å². The van der Waals surface area contributed by atoms with Crippen molar-refractivity contribution in [3.05, 3.63) is 34.4 Å². The van der Waals surface area contributed by atoms with Crippen molar-refractivity contribution >= 4 is 17.3 Å². The molecule has 0 unspecified atom stereocenters. The zero-order chi connectivity index (χ0) is 14.5. The van der Waals surface area contributed by atoms with Crippen molar-refractivity contribution in [3.8, 4) is 0 Å². The van der Waals surface area contributed by atoms with Crippen molar-refractivity contribution in [3.63, 3.8) is 0 Å². The average molecular weight is 277 g/mol. The molecular formula is C14H19N3O3. The maximum atomic E-state index is 11.3. The van der Waals surface area contributed by atoms with Gasteiger partial charge in [0.15, 0.2) is 0 Å². The minimum absolute atomic E-state index is 0.0961. The molecule has 1 aliphatic rings. The van der Waals surface area contributed by atoms with Crippen LogP contribution in [0.25, 0.3) is 0 Å². The lowest BCUT2D eigenvalue weighted by Crippen LogP contribution is -2.44. The smallest absolute Gasteiger partial charge is 0.269 e. The number of amides is 1. The number of carbonyl (C=O) groups excluding carboxylic acids is 1. The first-order valence-corrected chi connectivity index (χ1v) is 6.89. The Labute approximate surface area is 117 Å². The van der Waals surface area contributed by atoms with E-state index in [9.17, 15) is 14.9 Å². The second-order valence-electron chi connectivity index (χ2n) is 4.96. The zero-order valence-corrected chi connectivity index (χ0v) is 11.5. The fraction of sp³-hybridized carbons (Fsp3) is 0.500. The van der Waals surface area contributed by atoms with Crippen LogP contribution in [0.15, 0.2) is 24.3 Å². The third kappa shape index (κ3) is 3.46. The standard InChI is InChI=1S/C14H19N3O3/c1-2-14(18)15-11-7-9-16(10-8-11)12-3-5-13(6-4-12)17(19)20/h3-6,11H,2,7-10H2,1H3,(H,15,18). The van der Waals surface area contributed by atoms with Crippen LogP contribution in [0.4, 0.5) is 11.4 Å². The van der Waals surface area contributed by atoms with Crippen molar-refractivity contribution < 1.29 is 9.72 Å². The summed E-state index contributed by atoms with van der Waals surface area (Å²) in [6, 6.07) is 6.86. The molecule has 6 heteroatoms. The monoisotopic (exact) mass is 277 g/mol. The van der Waals surface area contributed by atoms with Gasteiger partial charge >= 0.3 is 0 Å². The van der Waals surface area contributed by atoms with Gasteiger partial charge in [0, 0.05) is 43.4 Å². The quantitative estimate of drug-likeness (QED) is 0.675. The van der Waals surface area contributed by atoms with Crippen LogP contribution in [-0.4, -0.2) is 30.0 Å². The van der Waals surface area contributed by atoms with Crippen molar-refractivity contribution in [2.45, 2.75) is 32.2 Å². The van der Waals surface area contributed by atoms with Crippen molar-refractivity contribution in [2.24, 2.45) is 0 Å². The normalized spacial score (nSPS) is 15.9. The van der Waals surface area contributed by atoms with Gasteiger partial charge in [-0.3, -0.25) is 14.9 Å². The molecule has 1 heterocycles. The summed E-state index contributed by atoms with van der Waals surface area (Å²) in [5.41, 5.74) is 1.11. The summed E-state index contributed by atoms with van der Waals surface area (Å²) < 4.78 is 0. The van der Waals surface area contributed by atoms with Crippen LogP contribution in [0, 0.1) is 10.1 Å². The molecule has 1 N–H and O–H groups in total. The Morgan fingerprint density at radius 1 is 1.35 bits per heavy atom. The number of anilines is 1. The maximum absolute atomic E-state index is 11.3. The van der Waals surface area contributed by atoms with E-state index in [1.54, 1.807) is 12.1 Å². The maximum Gasteiger partial charge on any atom is 0.269 e. The number of nitrogens with one attached hydrogen (secondary N) is 1. The number of nitro benzene ring substituents is 1. The lowest BCUT2D eigenvalue weighted by molar-refractivity contribution is -0.384. The number of rotatable bonds is 4. The molecule has 0 aliphatic carbocycles. The predicted octanol–water partition coefficient (Wildman–Crippen LogP) is 2.09.